The van der Waals surface area contributed by atoms with E-state index in [0.29, 0.717) is 30.0 Å². The normalized spacial score (nSPS) is 52.2. The fourth-order valence-corrected chi connectivity index (χ4v) is 7.77. The summed E-state index contributed by atoms with van der Waals surface area (Å²) < 4.78 is 0. The number of oxime groups is 1. The highest BCUT2D eigenvalue weighted by Gasteiger charge is 2.64. The van der Waals surface area contributed by atoms with Crippen LogP contribution in [0.4, 0.5) is 0 Å². The molecule has 0 bridgehead atoms. The number of hydrogen-bond acceptors (Lipinski definition) is 5. The minimum absolute atomic E-state index is 0.0587. The summed E-state index contributed by atoms with van der Waals surface area (Å²) in [5, 5.41) is 19.6. The first-order valence-corrected chi connectivity index (χ1v) is 11.5. The summed E-state index contributed by atoms with van der Waals surface area (Å²) in [6.07, 6.45) is 9.64. The standard InChI is InChI=1S/C23H36N2O3/c1-21-9-7-19-17(18(21)3-4-20(21)26)6-11-23(27)13-15(5-10-22(19,23)2)25-28-16-8-12-24-14-16/h16-19,24,27H,3-14H2,1-2H3/t16-,17-,18-,19-,21-,22+,23+/m0/s1. The minimum Gasteiger partial charge on any atom is -0.391 e. The van der Waals surface area contributed by atoms with Crippen LogP contribution in [-0.4, -0.2) is 41.4 Å². The number of rotatable bonds is 2. The van der Waals surface area contributed by atoms with E-state index in [-0.39, 0.29) is 16.9 Å². The van der Waals surface area contributed by atoms with Crippen molar-refractivity contribution in [3.63, 3.8) is 0 Å². The van der Waals surface area contributed by atoms with Crippen LogP contribution in [0.1, 0.15) is 78.1 Å². The van der Waals surface area contributed by atoms with Gasteiger partial charge in [0, 0.05) is 36.6 Å². The number of carbonyl (C=O) groups is 1. The first-order valence-electron chi connectivity index (χ1n) is 11.5. The van der Waals surface area contributed by atoms with Gasteiger partial charge in [-0.15, -0.1) is 0 Å². The zero-order valence-corrected chi connectivity index (χ0v) is 17.5. The number of nitrogens with one attached hydrogen (secondary N) is 1. The lowest BCUT2D eigenvalue weighted by molar-refractivity contribution is -0.188. The molecule has 5 aliphatic rings. The third-order valence-corrected chi connectivity index (χ3v) is 9.69. The Labute approximate surface area is 168 Å². The lowest BCUT2D eigenvalue weighted by Crippen LogP contribution is -2.62. The maximum Gasteiger partial charge on any atom is 0.141 e. The second-order valence-electron chi connectivity index (χ2n) is 10.8. The molecule has 0 spiro atoms. The van der Waals surface area contributed by atoms with Gasteiger partial charge in [0.15, 0.2) is 0 Å². The zero-order valence-electron chi connectivity index (χ0n) is 17.5. The Morgan fingerprint density at radius 3 is 2.71 bits per heavy atom. The molecule has 5 nitrogen and oxygen atoms in total. The molecule has 156 valence electrons. The molecule has 5 heteroatoms. The summed E-state index contributed by atoms with van der Waals surface area (Å²) in [5.41, 5.74) is 0.231. The Kier molecular flexibility index (Phi) is 4.44. The number of ketones is 1. The Morgan fingerprint density at radius 2 is 1.93 bits per heavy atom. The second kappa shape index (κ2) is 6.53. The van der Waals surface area contributed by atoms with Gasteiger partial charge in [-0.1, -0.05) is 19.0 Å². The zero-order chi connectivity index (χ0) is 19.6. The van der Waals surface area contributed by atoms with Gasteiger partial charge in [-0.2, -0.15) is 0 Å². The van der Waals surface area contributed by atoms with Crippen LogP contribution in [-0.2, 0) is 9.63 Å². The van der Waals surface area contributed by atoms with Crippen molar-refractivity contribution in [2.24, 2.45) is 33.7 Å². The lowest BCUT2D eigenvalue weighted by atomic mass is 9.43. The minimum atomic E-state index is -0.668. The molecule has 5 rings (SSSR count). The van der Waals surface area contributed by atoms with E-state index in [9.17, 15) is 9.90 Å². The largest absolute Gasteiger partial charge is 0.391 e. The van der Waals surface area contributed by atoms with Gasteiger partial charge < -0.3 is 15.3 Å². The summed E-state index contributed by atoms with van der Waals surface area (Å²) >= 11 is 0. The highest BCUT2D eigenvalue weighted by Crippen LogP contribution is 2.66. The molecule has 7 atom stereocenters. The van der Waals surface area contributed by atoms with Crippen molar-refractivity contribution in [2.75, 3.05) is 13.1 Å². The van der Waals surface area contributed by atoms with E-state index >= 15 is 0 Å². The predicted molar refractivity (Wildman–Crippen MR) is 108 cm³/mol. The summed E-state index contributed by atoms with van der Waals surface area (Å²) in [7, 11) is 0. The highest BCUT2D eigenvalue weighted by atomic mass is 16.6. The maximum atomic E-state index is 12.6. The monoisotopic (exact) mass is 388 g/mol. The van der Waals surface area contributed by atoms with Gasteiger partial charge in [0.1, 0.15) is 11.9 Å². The Morgan fingerprint density at radius 1 is 1.07 bits per heavy atom. The molecular weight excluding hydrogens is 352 g/mol. The molecule has 1 saturated heterocycles. The SMILES string of the molecule is C[C@]12CC[C@H]3[C@@H](CC[C@@]4(O)CC(=NO[C@H]5CCNC5)CC[C@]34C)[C@@H]1CCC2=O. The quantitative estimate of drug-likeness (QED) is 0.711. The first-order chi connectivity index (χ1) is 13.4. The molecule has 5 fully saturated rings. The Hall–Kier alpha value is -0.940. The van der Waals surface area contributed by atoms with Crippen LogP contribution in [0.3, 0.4) is 0 Å². The van der Waals surface area contributed by atoms with E-state index in [1.807, 2.05) is 0 Å². The maximum absolute atomic E-state index is 12.6. The van der Waals surface area contributed by atoms with Gasteiger partial charge in [-0.05, 0) is 69.2 Å². The fourth-order valence-electron chi connectivity index (χ4n) is 7.77. The number of carbonyl (C=O) groups excluding carboxylic acids is 1. The van der Waals surface area contributed by atoms with E-state index in [1.54, 1.807) is 0 Å². The molecule has 28 heavy (non-hydrogen) atoms. The third kappa shape index (κ3) is 2.64. The van der Waals surface area contributed by atoms with E-state index in [0.717, 1.165) is 76.6 Å². The number of Topliss-reactive ketones (excluding diaryl/α,β-unsaturated/α-hetero) is 1. The predicted octanol–water partition coefficient (Wildman–Crippen LogP) is 3.45. The molecule has 0 aromatic rings. The molecule has 0 aromatic carbocycles. The molecule has 4 aliphatic carbocycles. The molecular formula is C23H36N2O3. The van der Waals surface area contributed by atoms with Crippen molar-refractivity contribution in [2.45, 2.75) is 89.8 Å². The highest BCUT2D eigenvalue weighted by molar-refractivity contribution is 5.87. The van der Waals surface area contributed by atoms with Gasteiger partial charge >= 0.3 is 0 Å². The molecule has 0 unspecified atom stereocenters. The van der Waals surface area contributed by atoms with Crippen molar-refractivity contribution in [1.82, 2.24) is 5.32 Å². The average Bonchev–Trinajstić information content (AvgIpc) is 3.29. The smallest absolute Gasteiger partial charge is 0.141 e. The molecule has 0 amide bonds. The first kappa shape index (κ1) is 19.0. The van der Waals surface area contributed by atoms with Gasteiger partial charge in [-0.3, -0.25) is 4.79 Å². The fraction of sp³-hybridized carbons (Fsp3) is 0.913. The molecule has 2 N–H and O–H groups in total. The van der Waals surface area contributed by atoms with E-state index in [1.165, 1.54) is 0 Å². The van der Waals surface area contributed by atoms with Crippen molar-refractivity contribution < 1.29 is 14.7 Å². The van der Waals surface area contributed by atoms with E-state index in [2.05, 4.69) is 24.3 Å². The van der Waals surface area contributed by atoms with Crippen molar-refractivity contribution in [3.8, 4) is 0 Å². The number of hydrogen-bond donors (Lipinski definition) is 2. The number of aliphatic hydroxyl groups is 1. The van der Waals surface area contributed by atoms with Crippen molar-refractivity contribution >= 4 is 11.5 Å². The van der Waals surface area contributed by atoms with Crippen molar-refractivity contribution in [3.05, 3.63) is 0 Å². The van der Waals surface area contributed by atoms with Crippen molar-refractivity contribution in [1.29, 1.82) is 0 Å². The molecule has 0 radical (unpaired) electrons. The van der Waals surface area contributed by atoms with Crippen LogP contribution >= 0.6 is 0 Å². The van der Waals surface area contributed by atoms with Gasteiger partial charge in [0.05, 0.1) is 11.3 Å². The van der Waals surface area contributed by atoms with Crippen LogP contribution < -0.4 is 5.32 Å². The van der Waals surface area contributed by atoms with Crippen LogP contribution in [0.5, 0.6) is 0 Å². The molecule has 1 heterocycles. The summed E-state index contributed by atoms with van der Waals surface area (Å²) in [6.45, 7) is 6.44. The number of fused-ring (bicyclic) bond motifs is 5. The summed E-state index contributed by atoms with van der Waals surface area (Å²) in [5.74, 6) is 2.18. The van der Waals surface area contributed by atoms with Gasteiger partial charge in [-0.25, -0.2) is 0 Å². The Bertz CT molecular complexity index is 687. The molecule has 0 aromatic heterocycles. The second-order valence-corrected chi connectivity index (χ2v) is 10.8. The van der Waals surface area contributed by atoms with Gasteiger partial charge in [0.25, 0.3) is 0 Å². The van der Waals surface area contributed by atoms with Crippen LogP contribution in [0.15, 0.2) is 5.16 Å². The lowest BCUT2D eigenvalue weighted by Gasteiger charge is -2.62. The number of nitrogens with zero attached hydrogens (tertiary/aromatic N) is 1. The van der Waals surface area contributed by atoms with Crippen LogP contribution in [0, 0.1) is 28.6 Å². The topological polar surface area (TPSA) is 70.9 Å². The van der Waals surface area contributed by atoms with Crippen LogP contribution in [0.2, 0.25) is 0 Å². The summed E-state index contributed by atoms with van der Waals surface area (Å²) in [6, 6.07) is 0. The van der Waals surface area contributed by atoms with E-state index < -0.39 is 5.60 Å². The Balaban J connectivity index is 1.35. The van der Waals surface area contributed by atoms with Gasteiger partial charge in [0.2, 0.25) is 0 Å². The summed E-state index contributed by atoms with van der Waals surface area (Å²) in [4.78, 5) is 18.3. The average molecular weight is 389 g/mol. The molecule has 4 saturated carbocycles. The molecule has 1 aliphatic heterocycles. The van der Waals surface area contributed by atoms with E-state index in [4.69, 9.17) is 4.84 Å². The van der Waals surface area contributed by atoms with Crippen LogP contribution in [0.25, 0.3) is 0 Å². The third-order valence-electron chi connectivity index (χ3n) is 9.69.